The van der Waals surface area contributed by atoms with Crippen molar-refractivity contribution in [3.8, 4) is 5.75 Å². The van der Waals surface area contributed by atoms with E-state index in [0.29, 0.717) is 12.2 Å². The minimum absolute atomic E-state index is 0.129. The van der Waals surface area contributed by atoms with Gasteiger partial charge in [-0.25, -0.2) is 13.1 Å². The minimum atomic E-state index is -3.59. The third kappa shape index (κ3) is 5.34. The van der Waals surface area contributed by atoms with Crippen LogP contribution >= 0.6 is 11.3 Å². The van der Waals surface area contributed by atoms with Gasteiger partial charge >= 0.3 is 0 Å². The number of hydrogen-bond donors (Lipinski definition) is 2. The Hall–Kier alpha value is -1.90. The molecule has 0 bridgehead atoms. The van der Waals surface area contributed by atoms with Gasteiger partial charge in [-0.3, -0.25) is 4.79 Å². The summed E-state index contributed by atoms with van der Waals surface area (Å²) in [5.74, 6) is 0.459. The van der Waals surface area contributed by atoms with Crippen molar-refractivity contribution in [2.24, 2.45) is 0 Å². The van der Waals surface area contributed by atoms with Crippen molar-refractivity contribution in [3.05, 3.63) is 46.7 Å². The number of sulfonamides is 1. The highest BCUT2D eigenvalue weighted by Crippen LogP contribution is 2.15. The number of thiophene rings is 1. The summed E-state index contributed by atoms with van der Waals surface area (Å²) >= 11 is 1.51. The maximum Gasteiger partial charge on any atom is 0.240 e. The van der Waals surface area contributed by atoms with Gasteiger partial charge in [0, 0.05) is 18.0 Å². The smallest absolute Gasteiger partial charge is 0.240 e. The summed E-state index contributed by atoms with van der Waals surface area (Å²) in [6.07, 6.45) is 0.308. The second kappa shape index (κ2) is 8.09. The third-order valence-corrected chi connectivity index (χ3v) is 5.38. The number of amides is 1. The van der Waals surface area contributed by atoms with Crippen LogP contribution in [-0.4, -0.2) is 34.5 Å². The van der Waals surface area contributed by atoms with Gasteiger partial charge in [-0.2, -0.15) is 0 Å². The van der Waals surface area contributed by atoms with Crippen LogP contribution in [-0.2, 0) is 21.2 Å². The zero-order valence-electron chi connectivity index (χ0n) is 12.6. The quantitative estimate of drug-likeness (QED) is 0.702. The number of rotatable bonds is 8. The average molecular weight is 354 g/mol. The molecule has 124 valence electrons. The van der Waals surface area contributed by atoms with Crippen molar-refractivity contribution in [3.63, 3.8) is 0 Å². The molecule has 0 aliphatic heterocycles. The van der Waals surface area contributed by atoms with Crippen LogP contribution < -0.4 is 14.8 Å². The number of hydrogen-bond acceptors (Lipinski definition) is 5. The van der Waals surface area contributed by atoms with Gasteiger partial charge in [-0.05, 0) is 35.7 Å². The van der Waals surface area contributed by atoms with Crippen LogP contribution in [0.4, 0.5) is 0 Å². The highest BCUT2D eigenvalue weighted by molar-refractivity contribution is 7.89. The fourth-order valence-corrected chi connectivity index (χ4v) is 3.59. The Morgan fingerprint density at radius 2 is 1.91 bits per heavy atom. The zero-order valence-corrected chi connectivity index (χ0v) is 14.2. The maximum atomic E-state index is 12.1. The molecule has 0 aliphatic carbocycles. The summed E-state index contributed by atoms with van der Waals surface area (Å²) < 4.78 is 31.6. The fraction of sp³-hybridized carbons (Fsp3) is 0.267. The van der Waals surface area contributed by atoms with Crippen molar-refractivity contribution in [2.45, 2.75) is 11.3 Å². The van der Waals surface area contributed by atoms with E-state index < -0.39 is 10.0 Å². The first-order valence-corrected chi connectivity index (χ1v) is 9.30. The number of benzene rings is 1. The van der Waals surface area contributed by atoms with Gasteiger partial charge in [0.05, 0.1) is 18.4 Å². The predicted octanol–water partition coefficient (Wildman–Crippen LogP) is 1.39. The number of carbonyl (C=O) groups excluding carboxylic acids is 1. The molecule has 0 fully saturated rings. The molecule has 1 aromatic carbocycles. The number of carbonyl (C=O) groups is 1. The molecule has 2 rings (SSSR count). The van der Waals surface area contributed by atoms with E-state index in [1.807, 2.05) is 17.5 Å². The van der Waals surface area contributed by atoms with E-state index in [1.54, 1.807) is 12.1 Å². The van der Waals surface area contributed by atoms with Gasteiger partial charge in [0.25, 0.3) is 0 Å². The molecule has 0 radical (unpaired) electrons. The molecule has 0 saturated heterocycles. The van der Waals surface area contributed by atoms with Crippen LogP contribution in [0.3, 0.4) is 0 Å². The lowest BCUT2D eigenvalue weighted by Gasteiger charge is -2.08. The van der Waals surface area contributed by atoms with E-state index in [4.69, 9.17) is 4.74 Å². The SMILES string of the molecule is COc1ccc(S(=O)(=O)NCCNC(=O)Cc2cccs2)cc1. The van der Waals surface area contributed by atoms with E-state index in [0.717, 1.165) is 4.88 Å². The summed E-state index contributed by atoms with van der Waals surface area (Å²) in [7, 11) is -2.07. The molecular weight excluding hydrogens is 336 g/mol. The fourth-order valence-electron chi connectivity index (χ4n) is 1.86. The zero-order chi connectivity index (χ0) is 16.7. The molecule has 1 aromatic heterocycles. The molecular formula is C15H18N2O4S2. The molecule has 2 N–H and O–H groups in total. The Morgan fingerprint density at radius 1 is 1.17 bits per heavy atom. The highest BCUT2D eigenvalue weighted by Gasteiger charge is 2.13. The van der Waals surface area contributed by atoms with Crippen LogP contribution in [0.1, 0.15) is 4.88 Å². The minimum Gasteiger partial charge on any atom is -0.497 e. The Kier molecular flexibility index (Phi) is 6.14. The van der Waals surface area contributed by atoms with Crippen molar-refractivity contribution >= 4 is 27.3 Å². The van der Waals surface area contributed by atoms with Gasteiger partial charge in [-0.1, -0.05) is 6.07 Å². The van der Waals surface area contributed by atoms with E-state index in [-0.39, 0.29) is 23.9 Å². The Labute approximate surface area is 139 Å². The summed E-state index contributed by atoms with van der Waals surface area (Å²) in [5, 5.41) is 4.59. The Morgan fingerprint density at radius 3 is 2.52 bits per heavy atom. The standard InChI is InChI=1S/C15H18N2O4S2/c1-21-12-4-6-14(7-5-12)23(19,20)17-9-8-16-15(18)11-13-3-2-10-22-13/h2-7,10,17H,8-9,11H2,1H3,(H,16,18). The molecule has 1 amide bonds. The predicted molar refractivity (Wildman–Crippen MR) is 89.2 cm³/mol. The van der Waals surface area contributed by atoms with Gasteiger partial charge in [-0.15, -0.1) is 11.3 Å². The summed E-state index contributed by atoms with van der Waals surface area (Å²) in [5.41, 5.74) is 0. The van der Waals surface area contributed by atoms with E-state index >= 15 is 0 Å². The van der Waals surface area contributed by atoms with Crippen LogP contribution in [0.2, 0.25) is 0 Å². The molecule has 23 heavy (non-hydrogen) atoms. The first kappa shape index (κ1) is 17.5. The third-order valence-electron chi connectivity index (χ3n) is 3.02. The molecule has 0 unspecified atom stereocenters. The van der Waals surface area contributed by atoms with Gasteiger partial charge in [0.15, 0.2) is 0 Å². The van der Waals surface area contributed by atoms with Gasteiger partial charge in [0.1, 0.15) is 5.75 Å². The molecule has 0 atom stereocenters. The van der Waals surface area contributed by atoms with E-state index in [1.165, 1.54) is 30.6 Å². The summed E-state index contributed by atoms with van der Waals surface area (Å²) in [6, 6.07) is 9.87. The Balaban J connectivity index is 1.77. The molecule has 6 nitrogen and oxygen atoms in total. The van der Waals surface area contributed by atoms with Crippen LogP contribution in [0.5, 0.6) is 5.75 Å². The van der Waals surface area contributed by atoms with Crippen molar-refractivity contribution < 1.29 is 17.9 Å². The molecule has 0 saturated carbocycles. The van der Waals surface area contributed by atoms with E-state index in [2.05, 4.69) is 10.0 Å². The lowest BCUT2D eigenvalue weighted by molar-refractivity contribution is -0.120. The van der Waals surface area contributed by atoms with Crippen molar-refractivity contribution in [1.29, 1.82) is 0 Å². The normalized spacial score (nSPS) is 11.2. The van der Waals surface area contributed by atoms with Crippen molar-refractivity contribution in [1.82, 2.24) is 10.0 Å². The maximum absolute atomic E-state index is 12.1. The lowest BCUT2D eigenvalue weighted by atomic mass is 10.3. The second-order valence-corrected chi connectivity index (χ2v) is 7.48. The molecule has 2 aromatic rings. The van der Waals surface area contributed by atoms with E-state index in [9.17, 15) is 13.2 Å². The first-order valence-electron chi connectivity index (χ1n) is 6.94. The average Bonchev–Trinajstić information content (AvgIpc) is 3.04. The second-order valence-electron chi connectivity index (χ2n) is 4.68. The number of nitrogens with one attached hydrogen (secondary N) is 2. The number of ether oxygens (including phenoxy) is 1. The van der Waals surface area contributed by atoms with Crippen LogP contribution in [0, 0.1) is 0 Å². The molecule has 0 spiro atoms. The number of methoxy groups -OCH3 is 1. The van der Waals surface area contributed by atoms with Gasteiger partial charge in [0.2, 0.25) is 15.9 Å². The first-order chi connectivity index (χ1) is 11.0. The van der Waals surface area contributed by atoms with Gasteiger partial charge < -0.3 is 10.1 Å². The lowest BCUT2D eigenvalue weighted by Crippen LogP contribution is -2.35. The molecule has 8 heteroatoms. The molecule has 0 aliphatic rings. The highest BCUT2D eigenvalue weighted by atomic mass is 32.2. The topological polar surface area (TPSA) is 84.5 Å². The Bertz CT molecular complexity index is 725. The van der Waals surface area contributed by atoms with Crippen LogP contribution in [0.25, 0.3) is 0 Å². The monoisotopic (exact) mass is 354 g/mol. The van der Waals surface area contributed by atoms with Crippen LogP contribution in [0.15, 0.2) is 46.7 Å². The molecule has 1 heterocycles. The summed E-state index contributed by atoms with van der Waals surface area (Å²) in [6.45, 7) is 0.365. The largest absolute Gasteiger partial charge is 0.497 e. The summed E-state index contributed by atoms with van der Waals surface area (Å²) in [4.78, 5) is 12.8. The van der Waals surface area contributed by atoms with Crippen molar-refractivity contribution in [2.75, 3.05) is 20.2 Å².